The average molecular weight is 505 g/mol. The van der Waals surface area contributed by atoms with Crippen LogP contribution in [0.1, 0.15) is 18.7 Å². The fourth-order valence-corrected chi connectivity index (χ4v) is 2.76. The van der Waals surface area contributed by atoms with Crippen LogP contribution in [-0.2, 0) is 0 Å². The lowest BCUT2D eigenvalue weighted by atomic mass is 10.1. The first-order valence-corrected chi connectivity index (χ1v) is 11.5. The third-order valence-electron chi connectivity index (χ3n) is 4.42. The van der Waals surface area contributed by atoms with Gasteiger partial charge in [-0.2, -0.15) is 21.0 Å². The number of hydrogen-bond acceptors (Lipinski definition) is 10. The largest absolute Gasteiger partial charge is 0.329 e. The van der Waals surface area contributed by atoms with Gasteiger partial charge in [0, 0.05) is 39.3 Å². The molecule has 196 valence electrons. The fourth-order valence-electron chi connectivity index (χ4n) is 2.76. The molecule has 0 radical (unpaired) electrons. The Kier molecular flexibility index (Phi) is 25.1. The lowest BCUT2D eigenvalue weighted by Crippen LogP contribution is -2.31. The Morgan fingerprint density at radius 2 is 1.54 bits per heavy atom. The number of rotatable bonds is 9. The van der Waals surface area contributed by atoms with Crippen molar-refractivity contribution in [1.29, 1.82) is 21.0 Å². The highest BCUT2D eigenvalue weighted by Crippen LogP contribution is 2.29. The number of nitrogens with zero attached hydrogens (tertiary/aromatic N) is 8. The van der Waals surface area contributed by atoms with Gasteiger partial charge in [0.05, 0.1) is 43.5 Å². The SMILES string of the molecule is CC(C#N)C#N.NCCN.[C-]#[N+]CN1CCN(CC#N)C1c1ccccc1.[C-]#[N+]CNCCNCC#N. The quantitative estimate of drug-likeness (QED) is 0.213. The summed E-state index contributed by atoms with van der Waals surface area (Å²) >= 11 is 0. The molecular formula is C25H36N12. The lowest BCUT2D eigenvalue weighted by Gasteiger charge is -2.26. The van der Waals surface area contributed by atoms with Gasteiger partial charge in [-0.1, -0.05) is 30.3 Å². The number of benzene rings is 1. The third kappa shape index (κ3) is 18.9. The Labute approximate surface area is 220 Å². The number of hydrogen-bond donors (Lipinski definition) is 4. The molecule has 12 nitrogen and oxygen atoms in total. The van der Waals surface area contributed by atoms with Gasteiger partial charge in [0.15, 0.2) is 0 Å². The third-order valence-corrected chi connectivity index (χ3v) is 4.42. The molecular weight excluding hydrogens is 468 g/mol. The highest BCUT2D eigenvalue weighted by Gasteiger charge is 2.34. The molecule has 2 rings (SSSR count). The Morgan fingerprint density at radius 3 is 2.00 bits per heavy atom. The maximum Gasteiger partial charge on any atom is 0.272 e. The molecule has 0 aromatic heterocycles. The molecule has 1 aromatic carbocycles. The van der Waals surface area contributed by atoms with Crippen LogP contribution in [0.5, 0.6) is 0 Å². The first-order valence-electron chi connectivity index (χ1n) is 11.5. The molecule has 37 heavy (non-hydrogen) atoms. The molecule has 1 aromatic rings. The first kappa shape index (κ1) is 35.1. The molecule has 1 fully saturated rings. The van der Waals surface area contributed by atoms with Crippen LogP contribution in [0.15, 0.2) is 30.3 Å². The average Bonchev–Trinajstić information content (AvgIpc) is 3.34. The van der Waals surface area contributed by atoms with Crippen molar-refractivity contribution in [3.05, 3.63) is 58.7 Å². The van der Waals surface area contributed by atoms with Crippen molar-refractivity contribution in [3.8, 4) is 24.3 Å². The van der Waals surface area contributed by atoms with Gasteiger partial charge in [0.25, 0.3) is 13.3 Å². The summed E-state index contributed by atoms with van der Waals surface area (Å²) in [6.45, 7) is 20.9. The van der Waals surface area contributed by atoms with E-state index in [1.807, 2.05) is 24.3 Å². The van der Waals surface area contributed by atoms with E-state index < -0.39 is 5.92 Å². The van der Waals surface area contributed by atoms with E-state index in [1.54, 1.807) is 19.1 Å². The summed E-state index contributed by atoms with van der Waals surface area (Å²) in [5, 5.41) is 38.4. The van der Waals surface area contributed by atoms with Crippen molar-refractivity contribution in [2.45, 2.75) is 13.1 Å². The molecule has 0 bridgehead atoms. The summed E-state index contributed by atoms with van der Waals surface area (Å²) in [6, 6.07) is 17.7. The molecule has 1 saturated heterocycles. The maximum absolute atomic E-state index is 8.84. The minimum Gasteiger partial charge on any atom is -0.329 e. The van der Waals surface area contributed by atoms with Crippen molar-refractivity contribution in [1.82, 2.24) is 20.4 Å². The highest BCUT2D eigenvalue weighted by atomic mass is 15.4. The first-order chi connectivity index (χ1) is 18.0. The van der Waals surface area contributed by atoms with Crippen LogP contribution in [0.4, 0.5) is 0 Å². The van der Waals surface area contributed by atoms with Crippen molar-refractivity contribution >= 4 is 0 Å². The zero-order valence-corrected chi connectivity index (χ0v) is 21.3. The van der Waals surface area contributed by atoms with Gasteiger partial charge in [-0.25, -0.2) is 23.4 Å². The second-order valence-corrected chi connectivity index (χ2v) is 7.23. The molecule has 12 heteroatoms. The number of nitrogens with two attached hydrogens (primary N) is 2. The summed E-state index contributed by atoms with van der Waals surface area (Å²) < 4.78 is 0. The van der Waals surface area contributed by atoms with Crippen LogP contribution in [0.2, 0.25) is 0 Å². The molecule has 6 N–H and O–H groups in total. The predicted molar refractivity (Wildman–Crippen MR) is 141 cm³/mol. The van der Waals surface area contributed by atoms with Crippen LogP contribution >= 0.6 is 0 Å². The zero-order chi connectivity index (χ0) is 28.2. The van der Waals surface area contributed by atoms with Crippen molar-refractivity contribution < 1.29 is 0 Å². The molecule has 1 atom stereocenters. The standard InChI is InChI=1S/C13H14N4.C6H10N4.C4H4N2.C2H8N2/c1-15-11-17-10-9-16(8-7-14)13(17)12-5-3-2-4-6-12;1-8-6-10-5-4-9-3-2-7;1-4(2-5)3-6;3-1-2-4/h2-6,13H,8-11H2;9-10H,3-6H2;4H,1H3;1-4H2. The molecule has 1 heterocycles. The van der Waals surface area contributed by atoms with E-state index in [2.05, 4.69) is 48.3 Å². The van der Waals surface area contributed by atoms with E-state index in [4.69, 9.17) is 45.7 Å². The van der Waals surface area contributed by atoms with Crippen LogP contribution in [0, 0.1) is 64.4 Å². The summed E-state index contributed by atoms with van der Waals surface area (Å²) in [5.41, 5.74) is 11.0. The van der Waals surface area contributed by atoms with Crippen molar-refractivity contribution in [3.63, 3.8) is 0 Å². The second kappa shape index (κ2) is 26.5. The van der Waals surface area contributed by atoms with Crippen LogP contribution in [0.3, 0.4) is 0 Å². The van der Waals surface area contributed by atoms with Gasteiger partial charge in [-0.3, -0.25) is 14.6 Å². The van der Waals surface area contributed by atoms with Crippen LogP contribution in [0.25, 0.3) is 9.69 Å². The summed E-state index contributed by atoms with van der Waals surface area (Å²) in [7, 11) is 0. The molecule has 1 aliphatic rings. The van der Waals surface area contributed by atoms with E-state index >= 15 is 0 Å². The molecule has 0 spiro atoms. The van der Waals surface area contributed by atoms with E-state index in [1.165, 1.54) is 0 Å². The van der Waals surface area contributed by atoms with Gasteiger partial charge in [-0.15, -0.1) is 0 Å². The molecule has 1 aliphatic heterocycles. The van der Waals surface area contributed by atoms with Gasteiger partial charge in [0.1, 0.15) is 5.92 Å². The van der Waals surface area contributed by atoms with Gasteiger partial charge in [0.2, 0.25) is 0 Å². The molecule has 0 amide bonds. The molecule has 0 aliphatic carbocycles. The van der Waals surface area contributed by atoms with Crippen molar-refractivity contribution in [2.75, 3.05) is 65.7 Å². The van der Waals surface area contributed by atoms with E-state index in [0.717, 1.165) is 31.7 Å². The maximum atomic E-state index is 8.84. The summed E-state index contributed by atoms with van der Waals surface area (Å²) in [5.74, 6) is -0.454. The fraction of sp³-hybridized carbons (Fsp3) is 0.520. The predicted octanol–water partition coefficient (Wildman–Crippen LogP) is 0.843. The normalized spacial score (nSPS) is 13.7. The summed E-state index contributed by atoms with van der Waals surface area (Å²) in [4.78, 5) is 10.8. The molecule has 0 saturated carbocycles. The van der Waals surface area contributed by atoms with Crippen LogP contribution in [-0.4, -0.2) is 75.5 Å². The van der Waals surface area contributed by atoms with Gasteiger partial charge < -0.3 is 16.8 Å². The Balaban J connectivity index is 0. The van der Waals surface area contributed by atoms with E-state index in [0.29, 0.717) is 39.5 Å². The minimum absolute atomic E-state index is 0.0740. The Hall–Kier alpha value is -4.08. The van der Waals surface area contributed by atoms with E-state index in [9.17, 15) is 0 Å². The summed E-state index contributed by atoms with van der Waals surface area (Å²) in [6.07, 6.45) is 0.0740. The van der Waals surface area contributed by atoms with E-state index in [-0.39, 0.29) is 6.17 Å². The zero-order valence-electron chi connectivity index (χ0n) is 21.3. The smallest absolute Gasteiger partial charge is 0.272 e. The second-order valence-electron chi connectivity index (χ2n) is 7.23. The Morgan fingerprint density at radius 1 is 0.946 bits per heavy atom. The number of nitrogens with one attached hydrogen (secondary N) is 2. The monoisotopic (exact) mass is 504 g/mol. The van der Waals surface area contributed by atoms with Crippen molar-refractivity contribution in [2.24, 2.45) is 17.4 Å². The highest BCUT2D eigenvalue weighted by molar-refractivity contribution is 5.20. The van der Waals surface area contributed by atoms with Crippen LogP contribution < -0.4 is 22.1 Å². The number of nitriles is 4. The lowest BCUT2D eigenvalue weighted by molar-refractivity contribution is 0.161. The Bertz CT molecular complexity index is 882. The minimum atomic E-state index is -0.454. The molecule has 1 unspecified atom stereocenters. The van der Waals surface area contributed by atoms with Gasteiger partial charge in [-0.05, 0) is 12.5 Å². The van der Waals surface area contributed by atoms with Gasteiger partial charge >= 0.3 is 0 Å². The topological polar surface area (TPSA) is 186 Å².